The van der Waals surface area contributed by atoms with Crippen molar-refractivity contribution in [3.8, 4) is 0 Å². The molecule has 0 aromatic carbocycles. The molecular weight excluding hydrogens is 216 g/mol. The van der Waals surface area contributed by atoms with E-state index < -0.39 is 0 Å². The number of rotatable bonds is 5. The fourth-order valence-electron chi connectivity index (χ4n) is 2.44. The van der Waals surface area contributed by atoms with Crippen LogP contribution in [0.25, 0.3) is 0 Å². The molecule has 1 amide bonds. The van der Waals surface area contributed by atoms with Crippen molar-refractivity contribution in [1.82, 2.24) is 10.6 Å². The summed E-state index contributed by atoms with van der Waals surface area (Å²) in [6, 6.07) is 0.308. The average molecular weight is 240 g/mol. The summed E-state index contributed by atoms with van der Waals surface area (Å²) in [5.41, 5.74) is 0.224. The second-order valence-electron chi connectivity index (χ2n) is 5.90. The van der Waals surface area contributed by atoms with Crippen molar-refractivity contribution in [2.75, 3.05) is 19.8 Å². The molecule has 0 spiro atoms. The van der Waals surface area contributed by atoms with E-state index in [-0.39, 0.29) is 17.4 Å². The highest BCUT2D eigenvalue weighted by molar-refractivity contribution is 5.81. The molecule has 0 aromatic heterocycles. The Hall–Kier alpha value is -0.610. The predicted molar refractivity (Wildman–Crippen MR) is 66.8 cm³/mol. The van der Waals surface area contributed by atoms with Crippen molar-refractivity contribution in [2.45, 2.75) is 51.6 Å². The molecule has 2 fully saturated rings. The van der Waals surface area contributed by atoms with Crippen LogP contribution in [0.4, 0.5) is 0 Å². The van der Waals surface area contributed by atoms with E-state index in [1.54, 1.807) is 0 Å². The monoisotopic (exact) mass is 240 g/mol. The molecule has 0 aromatic rings. The minimum atomic E-state index is -0.104. The third-order valence-corrected chi connectivity index (χ3v) is 3.83. The second kappa shape index (κ2) is 5.36. The van der Waals surface area contributed by atoms with Crippen molar-refractivity contribution in [3.05, 3.63) is 0 Å². The molecule has 1 saturated heterocycles. The maximum Gasteiger partial charge on any atom is 0.237 e. The Bertz CT molecular complexity index is 271. The quantitative estimate of drug-likeness (QED) is 0.755. The van der Waals surface area contributed by atoms with Crippen LogP contribution < -0.4 is 10.6 Å². The van der Waals surface area contributed by atoms with E-state index >= 15 is 0 Å². The maximum absolute atomic E-state index is 11.9. The van der Waals surface area contributed by atoms with Gasteiger partial charge in [0.15, 0.2) is 0 Å². The van der Waals surface area contributed by atoms with Gasteiger partial charge in [-0.1, -0.05) is 19.8 Å². The zero-order chi connectivity index (χ0) is 12.3. The highest BCUT2D eigenvalue weighted by Gasteiger charge is 2.33. The Balaban J connectivity index is 1.67. The van der Waals surface area contributed by atoms with Gasteiger partial charge in [-0.3, -0.25) is 4.79 Å². The molecule has 4 heteroatoms. The van der Waals surface area contributed by atoms with Gasteiger partial charge in [-0.05, 0) is 19.8 Å². The van der Waals surface area contributed by atoms with Crippen molar-refractivity contribution >= 4 is 5.91 Å². The van der Waals surface area contributed by atoms with E-state index in [2.05, 4.69) is 17.6 Å². The second-order valence-corrected chi connectivity index (χ2v) is 5.90. The van der Waals surface area contributed by atoms with Gasteiger partial charge in [-0.2, -0.15) is 0 Å². The molecule has 2 N–H and O–H groups in total. The molecule has 1 aliphatic heterocycles. The van der Waals surface area contributed by atoms with Crippen LogP contribution in [0, 0.1) is 5.41 Å². The summed E-state index contributed by atoms with van der Waals surface area (Å²) < 4.78 is 5.20. The molecule has 2 aliphatic rings. The van der Waals surface area contributed by atoms with E-state index in [1.807, 2.05) is 6.92 Å². The molecule has 1 heterocycles. The van der Waals surface area contributed by atoms with Crippen LogP contribution in [0.3, 0.4) is 0 Å². The number of carbonyl (C=O) groups excluding carboxylic acids is 1. The number of carbonyl (C=O) groups is 1. The average Bonchev–Trinajstić information content (AvgIpc) is 2.75. The Morgan fingerprint density at radius 1 is 1.41 bits per heavy atom. The number of hydrogen-bond acceptors (Lipinski definition) is 3. The third kappa shape index (κ3) is 3.42. The molecule has 4 nitrogen and oxygen atoms in total. The van der Waals surface area contributed by atoms with E-state index in [0.717, 1.165) is 32.6 Å². The molecule has 0 radical (unpaired) electrons. The fourth-order valence-corrected chi connectivity index (χ4v) is 2.44. The maximum atomic E-state index is 11.9. The molecule has 0 bridgehead atoms. The Morgan fingerprint density at radius 2 is 2.06 bits per heavy atom. The molecule has 98 valence electrons. The van der Waals surface area contributed by atoms with E-state index in [1.165, 1.54) is 12.8 Å². The highest BCUT2D eigenvalue weighted by Crippen LogP contribution is 2.25. The lowest BCUT2D eigenvalue weighted by Crippen LogP contribution is -2.53. The lowest BCUT2D eigenvalue weighted by Gasteiger charge is -2.38. The standard InChI is InChI=1S/C13H24N2O2/c1-10(14-7-13(2)8-17-9-13)12(16)15-11-5-3-4-6-11/h10-11,14H,3-9H2,1-2H3,(H,15,16). The summed E-state index contributed by atoms with van der Waals surface area (Å²) in [4.78, 5) is 11.9. The van der Waals surface area contributed by atoms with Gasteiger partial charge in [0, 0.05) is 18.0 Å². The SMILES string of the molecule is CC(NCC1(C)COC1)C(=O)NC1CCCC1. The lowest BCUT2D eigenvalue weighted by atomic mass is 9.88. The van der Waals surface area contributed by atoms with Crippen molar-refractivity contribution in [1.29, 1.82) is 0 Å². The first-order chi connectivity index (χ1) is 8.09. The molecule has 1 atom stereocenters. The van der Waals surface area contributed by atoms with E-state index in [9.17, 15) is 4.79 Å². The molecular formula is C13H24N2O2. The first-order valence-corrected chi connectivity index (χ1v) is 6.71. The van der Waals surface area contributed by atoms with Gasteiger partial charge < -0.3 is 15.4 Å². The van der Waals surface area contributed by atoms with Crippen LogP contribution in [-0.2, 0) is 9.53 Å². The Kier molecular flexibility index (Phi) is 4.05. The normalized spacial score (nSPS) is 25.3. The summed E-state index contributed by atoms with van der Waals surface area (Å²) in [5, 5.41) is 6.42. The summed E-state index contributed by atoms with van der Waals surface area (Å²) in [5.74, 6) is 0.140. The Labute approximate surface area is 103 Å². The summed E-state index contributed by atoms with van der Waals surface area (Å²) in [6.07, 6.45) is 4.79. The van der Waals surface area contributed by atoms with Crippen LogP contribution in [0.2, 0.25) is 0 Å². The van der Waals surface area contributed by atoms with Gasteiger partial charge in [-0.25, -0.2) is 0 Å². The van der Waals surface area contributed by atoms with Crippen LogP contribution in [0.15, 0.2) is 0 Å². The van der Waals surface area contributed by atoms with E-state index in [4.69, 9.17) is 4.74 Å². The topological polar surface area (TPSA) is 50.4 Å². The molecule has 1 saturated carbocycles. The minimum absolute atomic E-state index is 0.104. The van der Waals surface area contributed by atoms with Gasteiger partial charge in [0.05, 0.1) is 19.3 Å². The highest BCUT2D eigenvalue weighted by atomic mass is 16.5. The van der Waals surface area contributed by atoms with Crippen molar-refractivity contribution < 1.29 is 9.53 Å². The minimum Gasteiger partial charge on any atom is -0.380 e. The Morgan fingerprint density at radius 3 is 2.59 bits per heavy atom. The predicted octanol–water partition coefficient (Wildman–Crippen LogP) is 1.06. The van der Waals surface area contributed by atoms with Crippen LogP contribution in [0.5, 0.6) is 0 Å². The number of nitrogens with one attached hydrogen (secondary N) is 2. The third-order valence-electron chi connectivity index (χ3n) is 3.83. The van der Waals surface area contributed by atoms with Gasteiger partial charge >= 0.3 is 0 Å². The van der Waals surface area contributed by atoms with Crippen LogP contribution in [-0.4, -0.2) is 37.7 Å². The van der Waals surface area contributed by atoms with Crippen molar-refractivity contribution in [2.24, 2.45) is 5.41 Å². The fraction of sp³-hybridized carbons (Fsp3) is 0.923. The van der Waals surface area contributed by atoms with Crippen LogP contribution in [0.1, 0.15) is 39.5 Å². The zero-order valence-corrected chi connectivity index (χ0v) is 10.9. The van der Waals surface area contributed by atoms with Gasteiger partial charge in [0.25, 0.3) is 0 Å². The summed E-state index contributed by atoms with van der Waals surface area (Å²) in [7, 11) is 0. The van der Waals surface area contributed by atoms with E-state index in [0.29, 0.717) is 6.04 Å². The molecule has 2 rings (SSSR count). The number of amides is 1. The number of hydrogen-bond donors (Lipinski definition) is 2. The van der Waals surface area contributed by atoms with Crippen LogP contribution >= 0.6 is 0 Å². The van der Waals surface area contributed by atoms with Crippen molar-refractivity contribution in [3.63, 3.8) is 0 Å². The largest absolute Gasteiger partial charge is 0.380 e. The zero-order valence-electron chi connectivity index (χ0n) is 10.9. The smallest absolute Gasteiger partial charge is 0.237 e. The van der Waals surface area contributed by atoms with Gasteiger partial charge in [-0.15, -0.1) is 0 Å². The number of ether oxygens (including phenoxy) is 1. The van der Waals surface area contributed by atoms with Gasteiger partial charge in [0.2, 0.25) is 5.91 Å². The molecule has 1 aliphatic carbocycles. The lowest BCUT2D eigenvalue weighted by molar-refractivity contribution is -0.125. The van der Waals surface area contributed by atoms with Gasteiger partial charge in [0.1, 0.15) is 0 Å². The molecule has 1 unspecified atom stereocenters. The summed E-state index contributed by atoms with van der Waals surface area (Å²) >= 11 is 0. The summed E-state index contributed by atoms with van der Waals surface area (Å²) in [6.45, 7) is 6.58. The first-order valence-electron chi connectivity index (χ1n) is 6.71. The first kappa shape index (κ1) is 12.8. The molecule has 17 heavy (non-hydrogen) atoms.